The van der Waals surface area contributed by atoms with Crippen LogP contribution in [-0.2, 0) is 7.05 Å². The molecule has 0 unspecified atom stereocenters. The molecule has 0 aliphatic rings. The monoisotopic (exact) mass is 225 g/mol. The predicted molar refractivity (Wildman–Crippen MR) is 58.2 cm³/mol. The van der Waals surface area contributed by atoms with Crippen LogP contribution in [0.1, 0.15) is 51.9 Å². The molecule has 0 aliphatic carbocycles. The third-order valence-corrected chi connectivity index (χ3v) is 2.72. The first-order valence-electron chi connectivity index (χ1n) is 4.94. The zero-order chi connectivity index (χ0) is 12.6. The maximum Gasteiger partial charge on any atom is 0.352 e. The Labute approximate surface area is 93.3 Å². The molecule has 0 bridgehead atoms. The molecule has 0 spiro atoms. The van der Waals surface area contributed by atoms with E-state index in [1.54, 1.807) is 27.8 Å². The Morgan fingerprint density at radius 2 is 1.69 bits per heavy atom. The van der Waals surface area contributed by atoms with E-state index in [1.807, 2.05) is 0 Å². The molecule has 0 amide bonds. The van der Waals surface area contributed by atoms with Gasteiger partial charge in [0, 0.05) is 18.3 Å². The van der Waals surface area contributed by atoms with E-state index in [0.29, 0.717) is 11.3 Å². The summed E-state index contributed by atoms with van der Waals surface area (Å²) >= 11 is 0. The van der Waals surface area contributed by atoms with Crippen LogP contribution in [0.2, 0.25) is 0 Å². The number of carbonyl (C=O) groups is 2. The fraction of sp³-hybridized carbons (Fsp3) is 0.455. The lowest BCUT2D eigenvalue weighted by Crippen LogP contribution is -2.09. The van der Waals surface area contributed by atoms with Gasteiger partial charge in [0.25, 0.3) is 0 Å². The Morgan fingerprint density at radius 3 is 2.00 bits per heavy atom. The Morgan fingerprint density at radius 1 is 1.19 bits per heavy atom. The molecule has 88 valence electrons. The second-order valence-corrected chi connectivity index (χ2v) is 4.05. The van der Waals surface area contributed by atoms with Crippen molar-refractivity contribution in [1.82, 2.24) is 4.57 Å². The predicted octanol–water partition coefficient (Wildman–Crippen LogP) is 1.85. The van der Waals surface area contributed by atoms with Crippen LogP contribution in [0.25, 0.3) is 0 Å². The van der Waals surface area contributed by atoms with Crippen molar-refractivity contribution in [3.05, 3.63) is 22.5 Å². The highest BCUT2D eigenvalue weighted by molar-refractivity contribution is 5.97. The standard InChI is InChI=1S/C11H15NO4/c1-5(2)7-8(10(13)14)6(3)12(4)9(7)11(15)16/h5H,1-4H3,(H,13,14)(H,15,16). The second-order valence-electron chi connectivity index (χ2n) is 4.05. The van der Waals surface area contributed by atoms with E-state index in [0.717, 1.165) is 0 Å². The number of hydrogen-bond donors (Lipinski definition) is 2. The van der Waals surface area contributed by atoms with Crippen molar-refractivity contribution in [3.8, 4) is 0 Å². The molecule has 0 aromatic carbocycles. The smallest absolute Gasteiger partial charge is 0.352 e. The summed E-state index contributed by atoms with van der Waals surface area (Å²) in [7, 11) is 1.57. The van der Waals surface area contributed by atoms with Crippen molar-refractivity contribution < 1.29 is 19.8 Å². The minimum atomic E-state index is -1.10. The molecule has 1 aromatic rings. The third kappa shape index (κ3) is 1.68. The SMILES string of the molecule is Cc1c(C(=O)O)c(C(C)C)c(C(=O)O)n1C. The first kappa shape index (κ1) is 12.3. The number of aromatic carboxylic acids is 2. The topological polar surface area (TPSA) is 79.5 Å². The summed E-state index contributed by atoms with van der Waals surface area (Å²) in [5, 5.41) is 18.2. The highest BCUT2D eigenvalue weighted by Gasteiger charge is 2.28. The van der Waals surface area contributed by atoms with E-state index in [9.17, 15) is 9.59 Å². The summed E-state index contributed by atoms with van der Waals surface area (Å²) in [5.41, 5.74) is 1.02. The van der Waals surface area contributed by atoms with E-state index >= 15 is 0 Å². The molecule has 1 aromatic heterocycles. The van der Waals surface area contributed by atoms with Gasteiger partial charge in [0.1, 0.15) is 5.69 Å². The number of hydrogen-bond acceptors (Lipinski definition) is 2. The van der Waals surface area contributed by atoms with Crippen LogP contribution in [-0.4, -0.2) is 26.7 Å². The van der Waals surface area contributed by atoms with Gasteiger partial charge in [-0.05, 0) is 12.8 Å². The Balaban J connectivity index is 3.69. The minimum absolute atomic E-state index is 0.0601. The molecule has 0 fully saturated rings. The van der Waals surface area contributed by atoms with Gasteiger partial charge < -0.3 is 14.8 Å². The lowest BCUT2D eigenvalue weighted by atomic mass is 9.97. The second kappa shape index (κ2) is 4.00. The van der Waals surface area contributed by atoms with E-state index in [1.165, 1.54) is 4.57 Å². The summed E-state index contributed by atoms with van der Waals surface area (Å²) in [6.45, 7) is 5.18. The molecule has 0 saturated carbocycles. The van der Waals surface area contributed by atoms with Crippen LogP contribution < -0.4 is 0 Å². The van der Waals surface area contributed by atoms with Gasteiger partial charge >= 0.3 is 11.9 Å². The largest absolute Gasteiger partial charge is 0.478 e. The quantitative estimate of drug-likeness (QED) is 0.822. The molecule has 0 radical (unpaired) electrons. The fourth-order valence-corrected chi connectivity index (χ4v) is 1.92. The molecule has 16 heavy (non-hydrogen) atoms. The summed E-state index contributed by atoms with van der Waals surface area (Å²) in [4.78, 5) is 22.3. The van der Waals surface area contributed by atoms with Crippen LogP contribution in [0.15, 0.2) is 0 Å². The van der Waals surface area contributed by atoms with Crippen molar-refractivity contribution in [2.75, 3.05) is 0 Å². The summed E-state index contributed by atoms with van der Waals surface area (Å²) in [5.74, 6) is -2.32. The molecule has 0 saturated heterocycles. The van der Waals surface area contributed by atoms with Crippen LogP contribution in [0.3, 0.4) is 0 Å². The van der Waals surface area contributed by atoms with Gasteiger partial charge in [-0.15, -0.1) is 0 Å². The van der Waals surface area contributed by atoms with Gasteiger partial charge in [-0.25, -0.2) is 9.59 Å². The van der Waals surface area contributed by atoms with Gasteiger partial charge in [0.05, 0.1) is 5.56 Å². The molecule has 0 atom stereocenters. The average molecular weight is 225 g/mol. The molecule has 1 rings (SSSR count). The summed E-state index contributed by atoms with van der Waals surface area (Å²) < 4.78 is 1.42. The van der Waals surface area contributed by atoms with Crippen LogP contribution >= 0.6 is 0 Å². The lowest BCUT2D eigenvalue weighted by Gasteiger charge is -2.06. The Kier molecular flexibility index (Phi) is 3.07. The average Bonchev–Trinajstić information content (AvgIpc) is 2.39. The molecule has 0 aliphatic heterocycles. The van der Waals surface area contributed by atoms with E-state index in [-0.39, 0.29) is 17.2 Å². The van der Waals surface area contributed by atoms with E-state index in [2.05, 4.69) is 0 Å². The van der Waals surface area contributed by atoms with E-state index in [4.69, 9.17) is 10.2 Å². The Bertz CT molecular complexity index is 420. The minimum Gasteiger partial charge on any atom is -0.478 e. The van der Waals surface area contributed by atoms with Gasteiger partial charge in [0.15, 0.2) is 0 Å². The summed E-state index contributed by atoms with van der Waals surface area (Å²) in [6, 6.07) is 0. The third-order valence-electron chi connectivity index (χ3n) is 2.72. The molecule has 2 N–H and O–H groups in total. The lowest BCUT2D eigenvalue weighted by molar-refractivity contribution is 0.0682. The maximum atomic E-state index is 11.1. The van der Waals surface area contributed by atoms with Gasteiger partial charge in [0.2, 0.25) is 0 Å². The van der Waals surface area contributed by atoms with Crippen molar-refractivity contribution in [3.63, 3.8) is 0 Å². The molecule has 5 nitrogen and oxygen atoms in total. The van der Waals surface area contributed by atoms with Crippen LogP contribution in [0, 0.1) is 6.92 Å². The Hall–Kier alpha value is -1.78. The molecular formula is C11H15NO4. The van der Waals surface area contributed by atoms with Crippen molar-refractivity contribution in [2.24, 2.45) is 7.05 Å². The normalized spacial score (nSPS) is 10.8. The zero-order valence-electron chi connectivity index (χ0n) is 9.74. The number of carboxylic acids is 2. The molecule has 5 heteroatoms. The first-order valence-corrected chi connectivity index (χ1v) is 4.94. The number of aromatic nitrogens is 1. The van der Waals surface area contributed by atoms with Crippen molar-refractivity contribution in [2.45, 2.75) is 26.7 Å². The first-order chi connectivity index (χ1) is 7.29. The molecular weight excluding hydrogens is 210 g/mol. The maximum absolute atomic E-state index is 11.1. The number of nitrogens with zero attached hydrogens (tertiary/aromatic N) is 1. The summed E-state index contributed by atoms with van der Waals surface area (Å²) in [6.07, 6.45) is 0. The van der Waals surface area contributed by atoms with Crippen molar-refractivity contribution >= 4 is 11.9 Å². The number of rotatable bonds is 3. The van der Waals surface area contributed by atoms with Gasteiger partial charge in [-0.3, -0.25) is 0 Å². The number of carboxylic acid groups (broad SMARTS) is 2. The van der Waals surface area contributed by atoms with Gasteiger partial charge in [-0.1, -0.05) is 13.8 Å². The molecule has 1 heterocycles. The zero-order valence-corrected chi connectivity index (χ0v) is 9.74. The van der Waals surface area contributed by atoms with Crippen LogP contribution in [0.4, 0.5) is 0 Å². The fourth-order valence-electron chi connectivity index (χ4n) is 1.92. The highest BCUT2D eigenvalue weighted by atomic mass is 16.4. The van der Waals surface area contributed by atoms with Crippen molar-refractivity contribution in [1.29, 1.82) is 0 Å². The van der Waals surface area contributed by atoms with E-state index < -0.39 is 11.9 Å². The van der Waals surface area contributed by atoms with Gasteiger partial charge in [-0.2, -0.15) is 0 Å². The van der Waals surface area contributed by atoms with Crippen LogP contribution in [0.5, 0.6) is 0 Å². The highest BCUT2D eigenvalue weighted by Crippen LogP contribution is 2.28.